The normalized spacial score (nSPS) is 10.9. The number of fused-ring (bicyclic) bond motifs is 1. The van der Waals surface area contributed by atoms with Crippen molar-refractivity contribution in [2.75, 3.05) is 5.32 Å². The Kier molecular flexibility index (Phi) is 2.78. The van der Waals surface area contributed by atoms with Gasteiger partial charge in [0.25, 0.3) is 0 Å². The molecule has 0 bridgehead atoms. The minimum atomic E-state index is -0.324. The number of benzene rings is 1. The molecule has 1 heterocycles. The average Bonchev–Trinajstić information content (AvgIpc) is 2.57. The quantitative estimate of drug-likeness (QED) is 0.654. The summed E-state index contributed by atoms with van der Waals surface area (Å²) < 4.78 is 0.942. The number of hydrogen-bond donors (Lipinski definition) is 1. The number of nitro groups is 1. The fourth-order valence-corrected chi connectivity index (χ4v) is 2.57. The summed E-state index contributed by atoms with van der Waals surface area (Å²) in [7, 11) is 0. The van der Waals surface area contributed by atoms with Gasteiger partial charge in [-0.15, -0.1) is 0 Å². The second-order valence-electron chi connectivity index (χ2n) is 3.83. The molecule has 84 valence electrons. The van der Waals surface area contributed by atoms with Gasteiger partial charge in [-0.3, -0.25) is 10.1 Å². The number of nitrogens with one attached hydrogen (secondary N) is 1. The molecule has 5 heteroatoms. The lowest BCUT2D eigenvalue weighted by Gasteiger charge is -2.07. The minimum absolute atomic E-state index is 0.178. The van der Waals surface area contributed by atoms with Crippen LogP contribution in [0.4, 0.5) is 10.7 Å². The first-order valence-electron chi connectivity index (χ1n) is 5.02. The lowest BCUT2D eigenvalue weighted by molar-refractivity contribution is -0.379. The largest absolute Gasteiger partial charge is 0.376 e. The Bertz CT molecular complexity index is 534. The van der Waals surface area contributed by atoms with Gasteiger partial charge in [-0.05, 0) is 19.9 Å². The first kappa shape index (κ1) is 10.9. The van der Waals surface area contributed by atoms with Crippen LogP contribution < -0.4 is 5.32 Å². The van der Waals surface area contributed by atoms with Crippen molar-refractivity contribution in [3.63, 3.8) is 0 Å². The Morgan fingerprint density at radius 3 is 2.69 bits per heavy atom. The molecule has 0 amide bonds. The van der Waals surface area contributed by atoms with Crippen molar-refractivity contribution in [2.45, 2.75) is 19.9 Å². The number of nitrogens with zero attached hydrogens (tertiary/aromatic N) is 1. The van der Waals surface area contributed by atoms with E-state index in [1.165, 1.54) is 11.3 Å². The third-order valence-corrected chi connectivity index (χ3v) is 3.30. The Morgan fingerprint density at radius 2 is 2.06 bits per heavy atom. The van der Waals surface area contributed by atoms with Crippen molar-refractivity contribution >= 4 is 32.1 Å². The zero-order chi connectivity index (χ0) is 11.7. The van der Waals surface area contributed by atoms with E-state index in [0.717, 1.165) is 10.1 Å². The number of thiophene rings is 1. The molecule has 0 aliphatic rings. The molecule has 2 rings (SSSR count). The zero-order valence-electron chi connectivity index (χ0n) is 9.06. The SMILES string of the molecule is CC(C)Nc1c([N+](=O)[O-])sc2ccccc12. The maximum Gasteiger partial charge on any atom is 0.348 e. The van der Waals surface area contributed by atoms with E-state index in [-0.39, 0.29) is 16.0 Å². The Hall–Kier alpha value is -1.62. The van der Waals surface area contributed by atoms with Gasteiger partial charge in [0.05, 0.1) is 4.92 Å². The molecule has 1 aromatic heterocycles. The van der Waals surface area contributed by atoms with Gasteiger partial charge >= 0.3 is 5.00 Å². The molecule has 1 N–H and O–H groups in total. The van der Waals surface area contributed by atoms with Crippen LogP contribution in [0.1, 0.15) is 13.8 Å². The van der Waals surface area contributed by atoms with Gasteiger partial charge in [0.2, 0.25) is 0 Å². The molecule has 16 heavy (non-hydrogen) atoms. The molecule has 0 saturated heterocycles. The van der Waals surface area contributed by atoms with Crippen LogP contribution in [-0.4, -0.2) is 11.0 Å². The van der Waals surface area contributed by atoms with Crippen molar-refractivity contribution in [3.8, 4) is 0 Å². The molecule has 4 nitrogen and oxygen atoms in total. The smallest absolute Gasteiger partial charge is 0.348 e. The van der Waals surface area contributed by atoms with Crippen LogP contribution in [0.25, 0.3) is 10.1 Å². The summed E-state index contributed by atoms with van der Waals surface area (Å²) in [6.45, 7) is 3.94. The van der Waals surface area contributed by atoms with Gasteiger partial charge < -0.3 is 5.32 Å². The van der Waals surface area contributed by atoms with Crippen molar-refractivity contribution in [1.29, 1.82) is 0 Å². The highest BCUT2D eigenvalue weighted by atomic mass is 32.1. The van der Waals surface area contributed by atoms with Crippen molar-refractivity contribution < 1.29 is 4.92 Å². The average molecular weight is 236 g/mol. The maximum atomic E-state index is 10.9. The lowest BCUT2D eigenvalue weighted by Crippen LogP contribution is -2.10. The first-order chi connectivity index (χ1) is 7.59. The zero-order valence-corrected chi connectivity index (χ0v) is 9.88. The standard InChI is InChI=1S/C11H12N2O2S/c1-7(2)12-10-8-5-3-4-6-9(8)16-11(10)13(14)15/h3-7,12H,1-2H3. The molecule has 2 aromatic rings. The number of anilines is 1. The van der Waals surface area contributed by atoms with Crippen molar-refractivity contribution in [3.05, 3.63) is 34.4 Å². The molecule has 0 unspecified atom stereocenters. The fourth-order valence-electron chi connectivity index (χ4n) is 1.59. The summed E-state index contributed by atoms with van der Waals surface area (Å²) in [5.74, 6) is 0. The van der Waals surface area contributed by atoms with Crippen LogP contribution in [0.2, 0.25) is 0 Å². The van der Waals surface area contributed by atoms with Gasteiger partial charge in [0.15, 0.2) is 0 Å². The molecule has 0 radical (unpaired) electrons. The monoisotopic (exact) mass is 236 g/mol. The Morgan fingerprint density at radius 1 is 1.38 bits per heavy atom. The third-order valence-electron chi connectivity index (χ3n) is 2.18. The Balaban J connectivity index is 2.64. The Labute approximate surface area is 97.1 Å². The molecule has 0 saturated carbocycles. The van der Waals surface area contributed by atoms with Crippen LogP contribution in [0, 0.1) is 10.1 Å². The number of rotatable bonds is 3. The van der Waals surface area contributed by atoms with Crippen LogP contribution in [0.3, 0.4) is 0 Å². The van der Waals surface area contributed by atoms with Gasteiger partial charge in [0, 0.05) is 16.1 Å². The molecule has 0 fully saturated rings. The predicted molar refractivity (Wildman–Crippen MR) is 67.2 cm³/mol. The summed E-state index contributed by atoms with van der Waals surface area (Å²) in [4.78, 5) is 10.6. The van der Waals surface area contributed by atoms with Gasteiger partial charge in [-0.1, -0.05) is 29.5 Å². The predicted octanol–water partition coefficient (Wildman–Crippen LogP) is 3.63. The van der Waals surface area contributed by atoms with E-state index in [4.69, 9.17) is 0 Å². The minimum Gasteiger partial charge on any atom is -0.376 e. The highest BCUT2D eigenvalue weighted by Gasteiger charge is 2.21. The summed E-state index contributed by atoms with van der Waals surface area (Å²) in [5, 5.41) is 15.2. The topological polar surface area (TPSA) is 55.2 Å². The molecule has 0 aliphatic carbocycles. The molecule has 0 atom stereocenters. The van der Waals surface area contributed by atoms with E-state index in [9.17, 15) is 10.1 Å². The van der Waals surface area contributed by atoms with Gasteiger partial charge in [-0.25, -0.2) is 0 Å². The fraction of sp³-hybridized carbons (Fsp3) is 0.273. The molecule has 0 spiro atoms. The first-order valence-corrected chi connectivity index (χ1v) is 5.83. The highest BCUT2D eigenvalue weighted by Crippen LogP contribution is 2.41. The maximum absolute atomic E-state index is 10.9. The van der Waals surface area contributed by atoms with E-state index in [1.807, 2.05) is 38.1 Å². The third kappa shape index (κ3) is 1.86. The van der Waals surface area contributed by atoms with Gasteiger partial charge in [0.1, 0.15) is 5.69 Å². The van der Waals surface area contributed by atoms with Crippen LogP contribution >= 0.6 is 11.3 Å². The summed E-state index contributed by atoms with van der Waals surface area (Å²) >= 11 is 1.21. The second kappa shape index (κ2) is 4.09. The van der Waals surface area contributed by atoms with E-state index in [2.05, 4.69) is 5.32 Å². The highest BCUT2D eigenvalue weighted by molar-refractivity contribution is 7.23. The molecule has 0 aliphatic heterocycles. The lowest BCUT2D eigenvalue weighted by atomic mass is 10.2. The van der Waals surface area contributed by atoms with Crippen LogP contribution in [-0.2, 0) is 0 Å². The van der Waals surface area contributed by atoms with E-state index in [1.54, 1.807) is 0 Å². The molecular formula is C11H12N2O2S. The van der Waals surface area contributed by atoms with E-state index < -0.39 is 0 Å². The van der Waals surface area contributed by atoms with Crippen molar-refractivity contribution in [1.82, 2.24) is 0 Å². The van der Waals surface area contributed by atoms with Crippen LogP contribution in [0.15, 0.2) is 24.3 Å². The van der Waals surface area contributed by atoms with Crippen molar-refractivity contribution in [2.24, 2.45) is 0 Å². The van der Waals surface area contributed by atoms with Gasteiger partial charge in [-0.2, -0.15) is 0 Å². The molecule has 1 aromatic carbocycles. The summed E-state index contributed by atoms with van der Waals surface area (Å²) in [6, 6.07) is 7.77. The second-order valence-corrected chi connectivity index (χ2v) is 4.87. The summed E-state index contributed by atoms with van der Waals surface area (Å²) in [5.41, 5.74) is 0.639. The van der Waals surface area contributed by atoms with E-state index >= 15 is 0 Å². The van der Waals surface area contributed by atoms with E-state index in [0.29, 0.717) is 5.69 Å². The summed E-state index contributed by atoms with van der Waals surface area (Å²) in [6.07, 6.45) is 0. The molecular weight excluding hydrogens is 224 g/mol. The number of hydrogen-bond acceptors (Lipinski definition) is 4. The van der Waals surface area contributed by atoms with Crippen LogP contribution in [0.5, 0.6) is 0 Å².